The molecule has 1 unspecified atom stereocenters. The van der Waals surface area contributed by atoms with Gasteiger partial charge in [0.15, 0.2) is 5.78 Å². The van der Waals surface area contributed by atoms with Gasteiger partial charge in [0.05, 0.1) is 10.0 Å². The maximum atomic E-state index is 12.7. The molecular formula is C14H17Cl2NO. The number of rotatable bonds is 4. The highest BCUT2D eigenvalue weighted by molar-refractivity contribution is 6.42. The Bertz CT molecular complexity index is 453. The second-order valence-electron chi connectivity index (χ2n) is 4.92. The molecule has 4 heteroatoms. The molecule has 2 rings (SSSR count). The van der Waals surface area contributed by atoms with E-state index in [1.54, 1.807) is 18.2 Å². The molecular weight excluding hydrogens is 269 g/mol. The van der Waals surface area contributed by atoms with Crippen LogP contribution in [0.1, 0.15) is 36.5 Å². The number of ketones is 1. The summed E-state index contributed by atoms with van der Waals surface area (Å²) >= 11 is 11.9. The molecule has 0 radical (unpaired) electrons. The first-order valence-electron chi connectivity index (χ1n) is 6.29. The standard InChI is InChI=1S/C14H17Cl2NO/c1-2-5-14(6-7-17-9-14)13(18)10-3-4-11(15)12(16)8-10/h3-4,8,17H,2,5-7,9H2,1H3. The minimum absolute atomic E-state index is 0.188. The monoisotopic (exact) mass is 285 g/mol. The third-order valence-electron chi connectivity index (χ3n) is 3.64. The van der Waals surface area contributed by atoms with E-state index in [1.165, 1.54) is 0 Å². The highest BCUT2D eigenvalue weighted by Gasteiger charge is 2.40. The van der Waals surface area contributed by atoms with E-state index in [1.807, 2.05) is 0 Å². The van der Waals surface area contributed by atoms with E-state index in [0.717, 1.165) is 32.4 Å². The lowest BCUT2D eigenvalue weighted by molar-refractivity contribution is 0.0802. The molecule has 18 heavy (non-hydrogen) atoms. The van der Waals surface area contributed by atoms with E-state index >= 15 is 0 Å². The van der Waals surface area contributed by atoms with Gasteiger partial charge in [-0.15, -0.1) is 0 Å². The third kappa shape index (κ3) is 2.56. The van der Waals surface area contributed by atoms with Crippen molar-refractivity contribution in [3.8, 4) is 0 Å². The predicted octanol–water partition coefficient (Wildman–Crippen LogP) is 3.96. The van der Waals surface area contributed by atoms with Gasteiger partial charge in [0.1, 0.15) is 0 Å². The fourth-order valence-corrected chi connectivity index (χ4v) is 2.98. The quantitative estimate of drug-likeness (QED) is 0.849. The summed E-state index contributed by atoms with van der Waals surface area (Å²) in [5.74, 6) is 0.188. The van der Waals surface area contributed by atoms with Gasteiger partial charge >= 0.3 is 0 Å². The number of nitrogens with one attached hydrogen (secondary N) is 1. The summed E-state index contributed by atoms with van der Waals surface area (Å²) in [6, 6.07) is 5.15. The van der Waals surface area contributed by atoms with Gasteiger partial charge in [-0.3, -0.25) is 4.79 Å². The summed E-state index contributed by atoms with van der Waals surface area (Å²) in [4.78, 5) is 12.7. The minimum atomic E-state index is -0.258. The molecule has 0 amide bonds. The van der Waals surface area contributed by atoms with Crippen molar-refractivity contribution in [2.75, 3.05) is 13.1 Å². The lowest BCUT2D eigenvalue weighted by atomic mass is 9.76. The van der Waals surface area contributed by atoms with Gasteiger partial charge in [0.25, 0.3) is 0 Å². The van der Waals surface area contributed by atoms with Gasteiger partial charge in [-0.1, -0.05) is 36.5 Å². The molecule has 0 spiro atoms. The molecule has 1 N–H and O–H groups in total. The molecule has 1 aromatic carbocycles. The molecule has 0 aromatic heterocycles. The van der Waals surface area contributed by atoms with E-state index in [2.05, 4.69) is 12.2 Å². The summed E-state index contributed by atoms with van der Waals surface area (Å²) < 4.78 is 0. The van der Waals surface area contributed by atoms with E-state index in [-0.39, 0.29) is 11.2 Å². The van der Waals surface area contributed by atoms with Crippen LogP contribution in [0.2, 0.25) is 10.0 Å². The number of Topliss-reactive ketones (excluding diaryl/α,β-unsaturated/α-hetero) is 1. The van der Waals surface area contributed by atoms with Crippen molar-refractivity contribution in [3.63, 3.8) is 0 Å². The fourth-order valence-electron chi connectivity index (χ4n) is 2.69. The Morgan fingerprint density at radius 3 is 2.72 bits per heavy atom. The second-order valence-corrected chi connectivity index (χ2v) is 5.73. The largest absolute Gasteiger partial charge is 0.316 e. The molecule has 0 bridgehead atoms. The molecule has 2 nitrogen and oxygen atoms in total. The molecule has 0 saturated carbocycles. The van der Waals surface area contributed by atoms with Gasteiger partial charge in [0.2, 0.25) is 0 Å². The van der Waals surface area contributed by atoms with Crippen molar-refractivity contribution >= 4 is 29.0 Å². The molecule has 0 aliphatic carbocycles. The molecule has 1 heterocycles. The van der Waals surface area contributed by atoms with Crippen molar-refractivity contribution in [2.24, 2.45) is 5.41 Å². The first-order chi connectivity index (χ1) is 8.59. The molecule has 1 aliphatic heterocycles. The van der Waals surface area contributed by atoms with Gasteiger partial charge < -0.3 is 5.32 Å². The number of hydrogen-bond acceptors (Lipinski definition) is 2. The van der Waals surface area contributed by atoms with Crippen LogP contribution in [0.15, 0.2) is 18.2 Å². The van der Waals surface area contributed by atoms with Crippen molar-refractivity contribution in [1.82, 2.24) is 5.32 Å². The van der Waals surface area contributed by atoms with Crippen LogP contribution in [0.5, 0.6) is 0 Å². The van der Waals surface area contributed by atoms with Crippen molar-refractivity contribution in [1.29, 1.82) is 0 Å². The Labute approximate surface area is 118 Å². The van der Waals surface area contributed by atoms with E-state index < -0.39 is 0 Å². The van der Waals surface area contributed by atoms with Crippen LogP contribution in [0.4, 0.5) is 0 Å². The van der Waals surface area contributed by atoms with E-state index in [0.29, 0.717) is 15.6 Å². The minimum Gasteiger partial charge on any atom is -0.316 e. The van der Waals surface area contributed by atoms with Crippen LogP contribution in [0, 0.1) is 5.41 Å². The summed E-state index contributed by atoms with van der Waals surface area (Å²) in [5.41, 5.74) is 0.410. The average Bonchev–Trinajstić information content (AvgIpc) is 2.82. The van der Waals surface area contributed by atoms with Crippen LogP contribution in [-0.2, 0) is 0 Å². The zero-order valence-corrected chi connectivity index (χ0v) is 11.9. The van der Waals surface area contributed by atoms with Crippen molar-refractivity contribution in [2.45, 2.75) is 26.2 Å². The Morgan fingerprint density at radius 1 is 1.39 bits per heavy atom. The number of halogens is 2. The van der Waals surface area contributed by atoms with Crippen LogP contribution in [-0.4, -0.2) is 18.9 Å². The van der Waals surface area contributed by atoms with Crippen LogP contribution >= 0.6 is 23.2 Å². The number of benzene rings is 1. The SMILES string of the molecule is CCCC1(C(=O)c2ccc(Cl)c(Cl)c2)CCNC1. The molecule has 1 aliphatic rings. The van der Waals surface area contributed by atoms with E-state index in [4.69, 9.17) is 23.2 Å². The summed E-state index contributed by atoms with van der Waals surface area (Å²) in [6.45, 7) is 3.79. The molecule has 1 saturated heterocycles. The summed E-state index contributed by atoms with van der Waals surface area (Å²) in [6.07, 6.45) is 2.83. The van der Waals surface area contributed by atoms with Gasteiger partial charge in [-0.05, 0) is 37.6 Å². The Balaban J connectivity index is 2.30. The Morgan fingerprint density at radius 2 is 2.17 bits per heavy atom. The van der Waals surface area contributed by atoms with Crippen LogP contribution in [0.25, 0.3) is 0 Å². The summed E-state index contributed by atoms with van der Waals surface area (Å²) in [5, 5.41) is 4.23. The zero-order valence-electron chi connectivity index (χ0n) is 10.4. The highest BCUT2D eigenvalue weighted by atomic mass is 35.5. The number of carbonyl (C=O) groups excluding carboxylic acids is 1. The number of hydrogen-bond donors (Lipinski definition) is 1. The van der Waals surface area contributed by atoms with E-state index in [9.17, 15) is 4.79 Å². The van der Waals surface area contributed by atoms with Crippen molar-refractivity contribution < 1.29 is 4.79 Å². The highest BCUT2D eigenvalue weighted by Crippen LogP contribution is 2.36. The smallest absolute Gasteiger partial charge is 0.170 e. The normalized spacial score (nSPS) is 23.3. The Kier molecular flexibility index (Phi) is 4.31. The molecule has 1 atom stereocenters. The number of carbonyl (C=O) groups is 1. The zero-order chi connectivity index (χ0) is 13.2. The molecule has 1 aromatic rings. The van der Waals surface area contributed by atoms with Crippen molar-refractivity contribution in [3.05, 3.63) is 33.8 Å². The average molecular weight is 286 g/mol. The first kappa shape index (κ1) is 13.9. The van der Waals surface area contributed by atoms with Crippen LogP contribution in [0.3, 0.4) is 0 Å². The van der Waals surface area contributed by atoms with Crippen LogP contribution < -0.4 is 5.32 Å². The lowest BCUT2D eigenvalue weighted by Gasteiger charge is -2.26. The van der Waals surface area contributed by atoms with Gasteiger partial charge in [-0.25, -0.2) is 0 Å². The maximum absolute atomic E-state index is 12.7. The van der Waals surface area contributed by atoms with Gasteiger partial charge in [-0.2, -0.15) is 0 Å². The lowest BCUT2D eigenvalue weighted by Crippen LogP contribution is -2.33. The topological polar surface area (TPSA) is 29.1 Å². The summed E-state index contributed by atoms with van der Waals surface area (Å²) in [7, 11) is 0. The van der Waals surface area contributed by atoms with Gasteiger partial charge in [0, 0.05) is 17.5 Å². The molecule has 98 valence electrons. The first-order valence-corrected chi connectivity index (χ1v) is 7.05. The Hall–Kier alpha value is -0.570. The third-order valence-corrected chi connectivity index (χ3v) is 4.37. The predicted molar refractivity (Wildman–Crippen MR) is 75.6 cm³/mol. The fraction of sp³-hybridized carbons (Fsp3) is 0.500. The second kappa shape index (κ2) is 5.60. The molecule has 1 fully saturated rings. The maximum Gasteiger partial charge on any atom is 0.170 e.